The van der Waals surface area contributed by atoms with E-state index in [1.807, 2.05) is 6.92 Å². The van der Waals surface area contributed by atoms with E-state index >= 15 is 0 Å². The predicted molar refractivity (Wildman–Crippen MR) is 97.5 cm³/mol. The summed E-state index contributed by atoms with van der Waals surface area (Å²) in [5.41, 5.74) is 2.05. The van der Waals surface area contributed by atoms with Crippen molar-refractivity contribution >= 4 is 5.97 Å². The predicted octanol–water partition coefficient (Wildman–Crippen LogP) is 4.62. The molecule has 0 aliphatic heterocycles. The van der Waals surface area contributed by atoms with Gasteiger partial charge in [0, 0.05) is 16.5 Å². The molecular formula is C21H30O4. The van der Waals surface area contributed by atoms with Crippen LogP contribution in [0, 0.1) is 11.3 Å². The summed E-state index contributed by atoms with van der Waals surface area (Å²) >= 11 is 0. The number of rotatable bonds is 3. The lowest BCUT2D eigenvalue weighted by Crippen LogP contribution is -2.52. The molecule has 1 aromatic carbocycles. The normalized spacial score (nSPS) is 31.4. The van der Waals surface area contributed by atoms with Gasteiger partial charge in [0.1, 0.15) is 0 Å². The molecule has 3 rings (SSSR count). The van der Waals surface area contributed by atoms with Crippen molar-refractivity contribution in [3.63, 3.8) is 0 Å². The van der Waals surface area contributed by atoms with Gasteiger partial charge in [0.05, 0.1) is 12.5 Å². The maximum atomic E-state index is 12.0. The zero-order valence-corrected chi connectivity index (χ0v) is 16.0. The van der Waals surface area contributed by atoms with Crippen molar-refractivity contribution in [2.24, 2.45) is 11.3 Å². The molecule has 25 heavy (non-hydrogen) atoms. The highest BCUT2D eigenvalue weighted by Crippen LogP contribution is 2.60. The van der Waals surface area contributed by atoms with Crippen molar-refractivity contribution in [3.05, 3.63) is 22.8 Å². The highest BCUT2D eigenvalue weighted by Gasteiger charge is 2.56. The number of hydrogen-bond acceptors (Lipinski definition) is 3. The standard InChI is InChI=1S/C21H30O4/c1-12(2)14-11-13-7-8-15-20(3,16(13)17(22)18(14)25-5)9-6-10-21(15,4)19(23)24/h11-12,15,22H,6-10H2,1-5H3,(H,23,24)/t15-,20+,21-/m1/s1. The number of methoxy groups -OCH3 is 1. The molecule has 4 heteroatoms. The zero-order chi connectivity index (χ0) is 18.6. The second-order valence-electron chi connectivity index (χ2n) is 8.62. The highest BCUT2D eigenvalue weighted by molar-refractivity contribution is 5.75. The summed E-state index contributed by atoms with van der Waals surface area (Å²) in [7, 11) is 1.60. The number of carbonyl (C=O) groups is 1. The summed E-state index contributed by atoms with van der Waals surface area (Å²) in [6, 6.07) is 2.17. The Labute approximate surface area is 150 Å². The molecule has 0 unspecified atom stereocenters. The van der Waals surface area contributed by atoms with Crippen molar-refractivity contribution in [1.82, 2.24) is 0 Å². The van der Waals surface area contributed by atoms with Crippen molar-refractivity contribution < 1.29 is 19.7 Å². The van der Waals surface area contributed by atoms with Crippen LogP contribution in [-0.2, 0) is 16.6 Å². The lowest BCUT2D eigenvalue weighted by molar-refractivity contribution is -0.157. The number of aryl methyl sites for hydroxylation is 1. The van der Waals surface area contributed by atoms with Gasteiger partial charge in [-0.25, -0.2) is 0 Å². The van der Waals surface area contributed by atoms with E-state index in [1.165, 1.54) is 0 Å². The molecule has 2 aliphatic carbocycles. The first-order chi connectivity index (χ1) is 11.7. The quantitative estimate of drug-likeness (QED) is 0.838. The van der Waals surface area contributed by atoms with Gasteiger partial charge >= 0.3 is 5.97 Å². The maximum absolute atomic E-state index is 12.0. The molecule has 2 aliphatic rings. The van der Waals surface area contributed by atoms with Crippen LogP contribution in [0.15, 0.2) is 6.07 Å². The Bertz CT molecular complexity index is 708. The van der Waals surface area contributed by atoms with E-state index in [2.05, 4.69) is 26.8 Å². The number of aliphatic carboxylic acids is 1. The van der Waals surface area contributed by atoms with Gasteiger partial charge in [-0.2, -0.15) is 0 Å². The zero-order valence-electron chi connectivity index (χ0n) is 16.0. The van der Waals surface area contributed by atoms with Crippen molar-refractivity contribution in [1.29, 1.82) is 0 Å². The second kappa shape index (κ2) is 5.93. The van der Waals surface area contributed by atoms with Crippen LogP contribution in [0.25, 0.3) is 0 Å². The fraction of sp³-hybridized carbons (Fsp3) is 0.667. The van der Waals surface area contributed by atoms with Crippen LogP contribution in [-0.4, -0.2) is 23.3 Å². The van der Waals surface area contributed by atoms with E-state index in [4.69, 9.17) is 4.74 Å². The SMILES string of the molecule is COc1c(C(C)C)cc2c(c1O)[C@@]1(C)CCC[C@@](C)(C(=O)O)[C@@H]1CC2. The van der Waals surface area contributed by atoms with E-state index in [0.717, 1.165) is 42.4 Å². The van der Waals surface area contributed by atoms with Gasteiger partial charge in [-0.15, -0.1) is 0 Å². The molecule has 1 aromatic rings. The summed E-state index contributed by atoms with van der Waals surface area (Å²) in [5, 5.41) is 21.0. The lowest BCUT2D eigenvalue weighted by Gasteiger charge is -2.53. The molecular weight excluding hydrogens is 316 g/mol. The van der Waals surface area contributed by atoms with Gasteiger partial charge in [-0.3, -0.25) is 4.79 Å². The van der Waals surface area contributed by atoms with E-state index in [1.54, 1.807) is 7.11 Å². The number of carboxylic acids is 1. The number of aromatic hydroxyl groups is 1. The van der Waals surface area contributed by atoms with E-state index in [0.29, 0.717) is 12.2 Å². The number of hydrogen-bond donors (Lipinski definition) is 2. The third-order valence-electron chi connectivity index (χ3n) is 6.88. The number of ether oxygens (including phenoxy) is 1. The fourth-order valence-corrected chi connectivity index (χ4v) is 5.57. The average molecular weight is 346 g/mol. The summed E-state index contributed by atoms with van der Waals surface area (Å²) < 4.78 is 5.56. The number of benzene rings is 1. The van der Waals surface area contributed by atoms with E-state index < -0.39 is 11.4 Å². The summed E-state index contributed by atoms with van der Waals surface area (Å²) in [4.78, 5) is 12.0. The smallest absolute Gasteiger partial charge is 0.309 e. The Balaban J connectivity index is 2.22. The topological polar surface area (TPSA) is 66.8 Å². The van der Waals surface area contributed by atoms with Crippen LogP contribution in [0.1, 0.15) is 76.0 Å². The Kier molecular flexibility index (Phi) is 4.29. The number of phenols is 1. The van der Waals surface area contributed by atoms with Gasteiger partial charge in [0.25, 0.3) is 0 Å². The molecule has 4 nitrogen and oxygen atoms in total. The molecule has 138 valence electrons. The first kappa shape index (κ1) is 18.1. The molecule has 0 radical (unpaired) electrons. The first-order valence-corrected chi connectivity index (χ1v) is 9.33. The lowest BCUT2D eigenvalue weighted by atomic mass is 9.49. The Hall–Kier alpha value is -1.71. The van der Waals surface area contributed by atoms with E-state index in [-0.39, 0.29) is 23.0 Å². The van der Waals surface area contributed by atoms with Crippen LogP contribution >= 0.6 is 0 Å². The number of phenolic OH excluding ortho intramolecular Hbond substituents is 1. The largest absolute Gasteiger partial charge is 0.504 e. The van der Waals surface area contributed by atoms with Crippen LogP contribution in [0.5, 0.6) is 11.5 Å². The van der Waals surface area contributed by atoms with Crippen LogP contribution < -0.4 is 4.74 Å². The number of fused-ring (bicyclic) bond motifs is 3. The molecule has 1 saturated carbocycles. The third-order valence-corrected chi connectivity index (χ3v) is 6.88. The minimum Gasteiger partial charge on any atom is -0.504 e. The minimum absolute atomic E-state index is 0.0271. The molecule has 0 saturated heterocycles. The molecule has 0 bridgehead atoms. The second-order valence-corrected chi connectivity index (χ2v) is 8.62. The molecule has 0 amide bonds. The Morgan fingerprint density at radius 2 is 2.00 bits per heavy atom. The van der Waals surface area contributed by atoms with E-state index in [9.17, 15) is 15.0 Å². The summed E-state index contributed by atoms with van der Waals surface area (Å²) in [6.07, 6.45) is 4.15. The number of carboxylic acid groups (broad SMARTS) is 1. The van der Waals surface area contributed by atoms with Crippen LogP contribution in [0.4, 0.5) is 0 Å². The van der Waals surface area contributed by atoms with Crippen LogP contribution in [0.3, 0.4) is 0 Å². The van der Waals surface area contributed by atoms with Gasteiger partial charge in [0.2, 0.25) is 0 Å². The minimum atomic E-state index is -0.735. The summed E-state index contributed by atoms with van der Waals surface area (Å²) in [5.74, 6) is 0.354. The highest BCUT2D eigenvalue weighted by atomic mass is 16.5. The van der Waals surface area contributed by atoms with Gasteiger partial charge < -0.3 is 14.9 Å². The Morgan fingerprint density at radius 1 is 1.32 bits per heavy atom. The third kappa shape index (κ3) is 2.44. The molecule has 1 fully saturated rings. The Morgan fingerprint density at radius 3 is 2.56 bits per heavy atom. The van der Waals surface area contributed by atoms with Gasteiger partial charge in [-0.05, 0) is 50.0 Å². The molecule has 0 aromatic heterocycles. The molecule has 2 N–H and O–H groups in total. The van der Waals surface area contributed by atoms with Crippen molar-refractivity contribution in [3.8, 4) is 11.5 Å². The average Bonchev–Trinajstić information content (AvgIpc) is 2.53. The molecule has 3 atom stereocenters. The fourth-order valence-electron chi connectivity index (χ4n) is 5.57. The monoisotopic (exact) mass is 346 g/mol. The van der Waals surface area contributed by atoms with Crippen molar-refractivity contribution in [2.45, 2.75) is 71.1 Å². The van der Waals surface area contributed by atoms with Crippen LogP contribution in [0.2, 0.25) is 0 Å². The maximum Gasteiger partial charge on any atom is 0.309 e. The van der Waals surface area contributed by atoms with Crippen molar-refractivity contribution in [2.75, 3.05) is 7.11 Å². The summed E-state index contributed by atoms with van der Waals surface area (Å²) in [6.45, 7) is 8.22. The first-order valence-electron chi connectivity index (χ1n) is 9.33. The van der Waals surface area contributed by atoms with Gasteiger partial charge in [-0.1, -0.05) is 33.3 Å². The van der Waals surface area contributed by atoms with Gasteiger partial charge in [0.15, 0.2) is 11.5 Å². The molecule has 0 spiro atoms. The molecule has 0 heterocycles.